The normalized spacial score (nSPS) is 10.9. The van der Waals surface area contributed by atoms with Crippen LogP contribution in [0.3, 0.4) is 0 Å². The summed E-state index contributed by atoms with van der Waals surface area (Å²) in [5.41, 5.74) is -0.265. The van der Waals surface area contributed by atoms with Crippen LogP contribution < -0.4 is 5.32 Å². The molecule has 8 heteroatoms. The van der Waals surface area contributed by atoms with Gasteiger partial charge in [-0.05, 0) is 0 Å². The summed E-state index contributed by atoms with van der Waals surface area (Å²) in [4.78, 5) is 10.7. The van der Waals surface area contributed by atoms with Gasteiger partial charge in [-0.3, -0.25) is 9.36 Å². The van der Waals surface area contributed by atoms with E-state index >= 15 is 0 Å². The van der Waals surface area contributed by atoms with Gasteiger partial charge < -0.3 is 14.4 Å². The summed E-state index contributed by atoms with van der Waals surface area (Å²) in [6.07, 6.45) is 0. The van der Waals surface area contributed by atoms with Crippen LogP contribution in [0.25, 0.3) is 0 Å². The van der Waals surface area contributed by atoms with Crippen LogP contribution in [-0.4, -0.2) is 20.1 Å². The first-order valence-electron chi connectivity index (χ1n) is 3.42. The van der Waals surface area contributed by atoms with Gasteiger partial charge in [-0.15, -0.1) is 0 Å². The predicted molar refractivity (Wildman–Crippen MR) is 54.2 cm³/mol. The smallest absolute Gasteiger partial charge is 0.318 e. The van der Waals surface area contributed by atoms with Gasteiger partial charge in [0.05, 0.1) is 0 Å². The zero-order valence-corrected chi connectivity index (χ0v) is 10.2. The summed E-state index contributed by atoms with van der Waals surface area (Å²) in [5.74, 6) is -0.479. The van der Waals surface area contributed by atoms with E-state index in [1.807, 2.05) is 0 Å². The van der Waals surface area contributed by atoms with Gasteiger partial charge in [0, 0.05) is 21.1 Å². The number of nitrogens with one attached hydrogen (secondary N) is 1. The van der Waals surface area contributed by atoms with Crippen molar-refractivity contribution in [3.63, 3.8) is 0 Å². The van der Waals surface area contributed by atoms with E-state index in [1.165, 1.54) is 6.92 Å². The van der Waals surface area contributed by atoms with Gasteiger partial charge >= 0.3 is 7.60 Å². The Morgan fingerprint density at radius 2 is 1.71 bits per heavy atom. The Morgan fingerprint density at radius 3 is 1.93 bits per heavy atom. The minimum absolute atomic E-state index is 0.265. The average Bonchev–Trinajstić information content (AvgIpc) is 2.12. The monoisotopic (exact) mass is 261 g/mol. The van der Waals surface area contributed by atoms with E-state index in [4.69, 9.17) is 23.2 Å². The van der Waals surface area contributed by atoms with Crippen molar-refractivity contribution in [3.05, 3.63) is 9.93 Å². The van der Waals surface area contributed by atoms with Gasteiger partial charge in [0.25, 0.3) is 0 Å². The third-order valence-electron chi connectivity index (χ3n) is 1.23. The molecule has 0 atom stereocenters. The largest absolute Gasteiger partial charge is 0.379 e. The van der Waals surface area contributed by atoms with Crippen LogP contribution in [0.1, 0.15) is 6.92 Å². The second kappa shape index (κ2) is 5.73. The van der Waals surface area contributed by atoms with Gasteiger partial charge in [-0.25, -0.2) is 0 Å². The molecule has 14 heavy (non-hydrogen) atoms. The first-order valence-corrected chi connectivity index (χ1v) is 5.72. The molecule has 0 spiro atoms. The van der Waals surface area contributed by atoms with Gasteiger partial charge in [0.2, 0.25) is 5.91 Å². The Kier molecular flexibility index (Phi) is 5.71. The highest BCUT2D eigenvalue weighted by atomic mass is 35.5. The molecule has 0 aliphatic heterocycles. The number of halogens is 2. The Labute approximate surface area is 91.9 Å². The van der Waals surface area contributed by atoms with E-state index in [1.54, 1.807) is 0 Å². The lowest BCUT2D eigenvalue weighted by Crippen LogP contribution is -2.20. The first-order chi connectivity index (χ1) is 6.37. The van der Waals surface area contributed by atoms with Crippen molar-refractivity contribution in [3.8, 4) is 0 Å². The van der Waals surface area contributed by atoms with Crippen LogP contribution in [0, 0.1) is 0 Å². The van der Waals surface area contributed by atoms with Gasteiger partial charge in [-0.1, -0.05) is 23.2 Å². The van der Waals surface area contributed by atoms with Crippen molar-refractivity contribution in [1.82, 2.24) is 5.32 Å². The van der Waals surface area contributed by atoms with Crippen molar-refractivity contribution in [2.75, 3.05) is 14.2 Å². The van der Waals surface area contributed by atoms with Gasteiger partial charge in [-0.2, -0.15) is 0 Å². The van der Waals surface area contributed by atoms with E-state index in [9.17, 15) is 9.36 Å². The average molecular weight is 262 g/mol. The lowest BCUT2D eigenvalue weighted by Gasteiger charge is -2.17. The lowest BCUT2D eigenvalue weighted by molar-refractivity contribution is -0.118. The quantitative estimate of drug-likeness (QED) is 0.789. The second-order valence-corrected chi connectivity index (χ2v) is 5.27. The standard InChI is InChI=1S/C6H10Cl2NO4P/c1-4(10)9-6(5(7)8)14(11,12-2)13-3/h1-3H3,(H,9,10). The van der Waals surface area contributed by atoms with Crippen LogP contribution in [0.4, 0.5) is 0 Å². The summed E-state index contributed by atoms with van der Waals surface area (Å²) < 4.78 is 20.6. The summed E-state index contributed by atoms with van der Waals surface area (Å²) in [6.45, 7) is 1.21. The predicted octanol–water partition coefficient (Wildman–Crippen LogP) is 2.21. The highest BCUT2D eigenvalue weighted by molar-refractivity contribution is 7.58. The fourth-order valence-electron chi connectivity index (χ4n) is 0.643. The minimum Gasteiger partial charge on any atom is -0.318 e. The van der Waals surface area contributed by atoms with Crippen molar-refractivity contribution >= 4 is 36.7 Å². The molecular formula is C6H10Cl2NO4P. The fourth-order valence-corrected chi connectivity index (χ4v) is 2.37. The van der Waals surface area contributed by atoms with E-state index in [2.05, 4.69) is 14.4 Å². The zero-order chi connectivity index (χ0) is 11.4. The van der Waals surface area contributed by atoms with Crippen molar-refractivity contribution in [2.24, 2.45) is 0 Å². The molecule has 5 nitrogen and oxygen atoms in total. The maximum atomic E-state index is 11.7. The van der Waals surface area contributed by atoms with E-state index in [-0.39, 0.29) is 9.93 Å². The second-order valence-electron chi connectivity index (χ2n) is 2.15. The topological polar surface area (TPSA) is 64.6 Å². The first kappa shape index (κ1) is 13.9. The molecule has 1 amide bonds. The van der Waals surface area contributed by atoms with Crippen LogP contribution in [-0.2, 0) is 18.4 Å². The highest BCUT2D eigenvalue weighted by Gasteiger charge is 2.31. The molecule has 0 aromatic carbocycles. The molecule has 0 saturated heterocycles. The number of carbonyl (C=O) groups excluding carboxylic acids is 1. The third kappa shape index (κ3) is 3.59. The Hall–Kier alpha value is -0.0600. The highest BCUT2D eigenvalue weighted by Crippen LogP contribution is 2.55. The summed E-state index contributed by atoms with van der Waals surface area (Å²) in [6, 6.07) is 0. The van der Waals surface area contributed by atoms with Gasteiger partial charge in [0.1, 0.15) is 4.49 Å². The van der Waals surface area contributed by atoms with E-state index in [0.29, 0.717) is 0 Å². The molecule has 0 unspecified atom stereocenters. The molecule has 82 valence electrons. The Bertz CT molecular complexity index is 292. The number of rotatable bonds is 4. The Morgan fingerprint density at radius 1 is 1.29 bits per heavy atom. The molecule has 0 aliphatic rings. The molecule has 0 bridgehead atoms. The van der Waals surface area contributed by atoms with E-state index < -0.39 is 13.5 Å². The molecular weight excluding hydrogens is 252 g/mol. The fraction of sp³-hybridized carbons (Fsp3) is 0.500. The Balaban J connectivity index is 5.13. The van der Waals surface area contributed by atoms with Crippen molar-refractivity contribution < 1.29 is 18.4 Å². The van der Waals surface area contributed by atoms with Crippen LogP contribution in [0.15, 0.2) is 9.93 Å². The molecule has 0 rings (SSSR count). The number of hydrogen-bond acceptors (Lipinski definition) is 4. The van der Waals surface area contributed by atoms with Crippen molar-refractivity contribution in [2.45, 2.75) is 6.92 Å². The summed E-state index contributed by atoms with van der Waals surface area (Å²) in [5, 5.41) is 2.19. The molecule has 0 radical (unpaired) electrons. The minimum atomic E-state index is -3.62. The molecule has 0 saturated carbocycles. The molecule has 0 fully saturated rings. The van der Waals surface area contributed by atoms with E-state index in [0.717, 1.165) is 14.2 Å². The molecule has 0 aliphatic carbocycles. The number of amides is 1. The molecule has 1 N–H and O–H groups in total. The van der Waals surface area contributed by atoms with Crippen LogP contribution in [0.5, 0.6) is 0 Å². The number of hydrogen-bond donors (Lipinski definition) is 1. The van der Waals surface area contributed by atoms with Crippen molar-refractivity contribution in [1.29, 1.82) is 0 Å². The lowest BCUT2D eigenvalue weighted by atomic mass is 10.7. The molecule has 0 heterocycles. The zero-order valence-electron chi connectivity index (χ0n) is 7.84. The maximum Gasteiger partial charge on any atom is 0.379 e. The maximum absolute atomic E-state index is 11.7. The van der Waals surface area contributed by atoms with Crippen LogP contribution >= 0.6 is 30.8 Å². The van der Waals surface area contributed by atoms with Gasteiger partial charge in [0.15, 0.2) is 5.44 Å². The molecule has 0 aromatic heterocycles. The third-order valence-corrected chi connectivity index (χ3v) is 3.71. The molecule has 0 aromatic rings. The number of carbonyl (C=O) groups is 1. The summed E-state index contributed by atoms with van der Waals surface area (Å²) in [7, 11) is -1.31. The SMILES string of the molecule is COP(=O)(OC)C(NC(C)=O)=C(Cl)Cl. The summed E-state index contributed by atoms with van der Waals surface area (Å²) >= 11 is 10.9. The van der Waals surface area contributed by atoms with Crippen LogP contribution in [0.2, 0.25) is 0 Å².